The van der Waals surface area contributed by atoms with Crippen LogP contribution in [0.3, 0.4) is 0 Å². The summed E-state index contributed by atoms with van der Waals surface area (Å²) in [4.78, 5) is 0. The van der Waals surface area contributed by atoms with Crippen LogP contribution in [0.15, 0.2) is 18.2 Å². The molecule has 3 heteroatoms. The van der Waals surface area contributed by atoms with Crippen LogP contribution >= 0.6 is 11.6 Å². The molecule has 0 spiro atoms. The molecule has 1 rings (SSSR count). The van der Waals surface area contributed by atoms with Crippen molar-refractivity contribution in [2.24, 2.45) is 5.92 Å². The predicted molar refractivity (Wildman–Crippen MR) is 64.0 cm³/mol. The second-order valence-corrected chi connectivity index (χ2v) is 4.37. The third-order valence-electron chi connectivity index (χ3n) is 2.30. The van der Waals surface area contributed by atoms with Gasteiger partial charge in [-0.05, 0) is 30.5 Å². The van der Waals surface area contributed by atoms with Crippen LogP contribution in [0.4, 0.5) is 10.1 Å². The first kappa shape index (κ1) is 12.3. The highest BCUT2D eigenvalue weighted by molar-refractivity contribution is 6.30. The Labute approximate surface area is 95.6 Å². The standard InChI is InChI=1S/C12H17ClFN/c1-3-4-9(2)8-15-12-6-10(13)5-11(14)7-12/h5-7,9,15H,3-4,8H2,1-2H3. The van der Waals surface area contributed by atoms with E-state index in [-0.39, 0.29) is 5.82 Å². The molecule has 1 nitrogen and oxygen atoms in total. The molecule has 0 fully saturated rings. The number of nitrogens with one attached hydrogen (secondary N) is 1. The second kappa shape index (κ2) is 5.96. The summed E-state index contributed by atoms with van der Waals surface area (Å²) in [5, 5.41) is 3.62. The lowest BCUT2D eigenvalue weighted by Crippen LogP contribution is -2.11. The maximum Gasteiger partial charge on any atom is 0.126 e. The predicted octanol–water partition coefficient (Wildman–Crippen LogP) is 4.33. The van der Waals surface area contributed by atoms with Crippen LogP contribution in [0, 0.1) is 11.7 Å². The Hall–Kier alpha value is -0.760. The third-order valence-corrected chi connectivity index (χ3v) is 2.52. The largest absolute Gasteiger partial charge is 0.385 e. The minimum atomic E-state index is -0.298. The summed E-state index contributed by atoms with van der Waals surface area (Å²) in [5.41, 5.74) is 0.753. The monoisotopic (exact) mass is 229 g/mol. The molecule has 1 atom stereocenters. The molecule has 0 heterocycles. The van der Waals surface area contributed by atoms with E-state index in [4.69, 9.17) is 11.6 Å². The Kier molecular flexibility index (Phi) is 4.89. The molecule has 0 aliphatic carbocycles. The number of rotatable bonds is 5. The molecule has 84 valence electrons. The normalized spacial score (nSPS) is 12.5. The Balaban J connectivity index is 2.50. The van der Waals surface area contributed by atoms with Gasteiger partial charge in [0, 0.05) is 17.3 Å². The van der Waals surface area contributed by atoms with Crippen molar-refractivity contribution >= 4 is 17.3 Å². The van der Waals surface area contributed by atoms with Gasteiger partial charge < -0.3 is 5.32 Å². The minimum Gasteiger partial charge on any atom is -0.385 e. The SMILES string of the molecule is CCCC(C)CNc1cc(F)cc(Cl)c1. The molecule has 0 aliphatic rings. The molecule has 1 unspecified atom stereocenters. The van der Waals surface area contributed by atoms with Crippen LogP contribution in [-0.2, 0) is 0 Å². The van der Waals surface area contributed by atoms with Gasteiger partial charge in [-0.1, -0.05) is 31.9 Å². The van der Waals surface area contributed by atoms with Gasteiger partial charge in [0.1, 0.15) is 5.82 Å². The Morgan fingerprint density at radius 1 is 1.40 bits per heavy atom. The fraction of sp³-hybridized carbons (Fsp3) is 0.500. The van der Waals surface area contributed by atoms with Gasteiger partial charge in [0.25, 0.3) is 0 Å². The molecule has 0 radical (unpaired) electrons. The van der Waals surface area contributed by atoms with Gasteiger partial charge in [-0.15, -0.1) is 0 Å². The average molecular weight is 230 g/mol. The zero-order chi connectivity index (χ0) is 11.3. The topological polar surface area (TPSA) is 12.0 Å². The summed E-state index contributed by atoms with van der Waals surface area (Å²) >= 11 is 5.75. The second-order valence-electron chi connectivity index (χ2n) is 3.93. The molecule has 1 aromatic rings. The number of anilines is 1. The highest BCUT2D eigenvalue weighted by atomic mass is 35.5. The fourth-order valence-electron chi connectivity index (χ4n) is 1.54. The molecule has 0 amide bonds. The van der Waals surface area contributed by atoms with E-state index in [1.807, 2.05) is 0 Å². The number of hydrogen-bond donors (Lipinski definition) is 1. The molecule has 0 saturated carbocycles. The first-order valence-corrected chi connectivity index (χ1v) is 5.69. The van der Waals surface area contributed by atoms with Gasteiger partial charge in [0.2, 0.25) is 0 Å². The lowest BCUT2D eigenvalue weighted by atomic mass is 10.1. The zero-order valence-electron chi connectivity index (χ0n) is 9.19. The molecular formula is C12H17ClFN. The Morgan fingerprint density at radius 3 is 2.73 bits per heavy atom. The summed E-state index contributed by atoms with van der Waals surface area (Å²) < 4.78 is 13.0. The van der Waals surface area contributed by atoms with Crippen LogP contribution in [0.2, 0.25) is 5.02 Å². The Bertz CT molecular complexity index is 294. The lowest BCUT2D eigenvalue weighted by molar-refractivity contribution is 0.550. The van der Waals surface area contributed by atoms with Crippen molar-refractivity contribution in [1.29, 1.82) is 0 Å². The molecule has 0 bridgehead atoms. The van der Waals surface area contributed by atoms with Crippen LogP contribution in [0.5, 0.6) is 0 Å². The highest BCUT2D eigenvalue weighted by Crippen LogP contribution is 2.18. The van der Waals surface area contributed by atoms with Gasteiger partial charge in [-0.25, -0.2) is 4.39 Å². The molecule has 15 heavy (non-hydrogen) atoms. The fourth-order valence-corrected chi connectivity index (χ4v) is 1.76. The van der Waals surface area contributed by atoms with Crippen molar-refractivity contribution in [3.05, 3.63) is 29.0 Å². The van der Waals surface area contributed by atoms with E-state index in [1.54, 1.807) is 6.07 Å². The van der Waals surface area contributed by atoms with Crippen LogP contribution < -0.4 is 5.32 Å². The van der Waals surface area contributed by atoms with Crippen molar-refractivity contribution in [2.45, 2.75) is 26.7 Å². The summed E-state index contributed by atoms with van der Waals surface area (Å²) in [6, 6.07) is 4.51. The summed E-state index contributed by atoms with van der Waals surface area (Å²) in [7, 11) is 0. The van der Waals surface area contributed by atoms with Crippen molar-refractivity contribution in [3.8, 4) is 0 Å². The number of halogens is 2. The van der Waals surface area contributed by atoms with Crippen LogP contribution in [0.25, 0.3) is 0 Å². The maximum absolute atomic E-state index is 13.0. The maximum atomic E-state index is 13.0. The summed E-state index contributed by atoms with van der Waals surface area (Å²) in [5.74, 6) is 0.296. The van der Waals surface area contributed by atoms with Gasteiger partial charge in [-0.3, -0.25) is 0 Å². The molecule has 0 aromatic heterocycles. The van der Waals surface area contributed by atoms with E-state index in [0.29, 0.717) is 10.9 Å². The van der Waals surface area contributed by atoms with E-state index >= 15 is 0 Å². The van der Waals surface area contributed by atoms with E-state index in [2.05, 4.69) is 19.2 Å². The summed E-state index contributed by atoms with van der Waals surface area (Å²) in [6.45, 7) is 5.20. The van der Waals surface area contributed by atoms with Gasteiger partial charge in [0.05, 0.1) is 0 Å². The van der Waals surface area contributed by atoms with Gasteiger partial charge in [-0.2, -0.15) is 0 Å². The van der Waals surface area contributed by atoms with Crippen LogP contribution in [0.1, 0.15) is 26.7 Å². The quantitative estimate of drug-likeness (QED) is 0.793. The summed E-state index contributed by atoms with van der Waals surface area (Å²) in [6.07, 6.45) is 2.35. The minimum absolute atomic E-state index is 0.298. The van der Waals surface area contributed by atoms with E-state index in [1.165, 1.54) is 25.0 Å². The molecule has 0 saturated heterocycles. The van der Waals surface area contributed by atoms with Crippen LogP contribution in [-0.4, -0.2) is 6.54 Å². The molecule has 0 aliphatic heterocycles. The average Bonchev–Trinajstić information content (AvgIpc) is 2.14. The first-order chi connectivity index (χ1) is 7.11. The lowest BCUT2D eigenvalue weighted by Gasteiger charge is -2.12. The third kappa shape index (κ3) is 4.52. The van der Waals surface area contributed by atoms with Crippen molar-refractivity contribution in [1.82, 2.24) is 0 Å². The highest BCUT2D eigenvalue weighted by Gasteiger charge is 2.02. The Morgan fingerprint density at radius 2 is 2.13 bits per heavy atom. The number of benzene rings is 1. The van der Waals surface area contributed by atoms with Crippen molar-refractivity contribution in [3.63, 3.8) is 0 Å². The van der Waals surface area contributed by atoms with Crippen molar-refractivity contribution in [2.75, 3.05) is 11.9 Å². The zero-order valence-corrected chi connectivity index (χ0v) is 9.94. The molecule has 1 aromatic carbocycles. The molecular weight excluding hydrogens is 213 g/mol. The van der Waals surface area contributed by atoms with E-state index in [9.17, 15) is 4.39 Å². The van der Waals surface area contributed by atoms with Gasteiger partial charge >= 0.3 is 0 Å². The van der Waals surface area contributed by atoms with Gasteiger partial charge in [0.15, 0.2) is 0 Å². The van der Waals surface area contributed by atoms with E-state index in [0.717, 1.165) is 12.2 Å². The number of hydrogen-bond acceptors (Lipinski definition) is 1. The van der Waals surface area contributed by atoms with Crippen molar-refractivity contribution < 1.29 is 4.39 Å². The smallest absolute Gasteiger partial charge is 0.126 e. The molecule has 1 N–H and O–H groups in total. The first-order valence-electron chi connectivity index (χ1n) is 5.31. The van der Waals surface area contributed by atoms with E-state index < -0.39 is 0 Å².